The highest BCUT2D eigenvalue weighted by molar-refractivity contribution is 7.99. The number of hydrogen-bond acceptors (Lipinski definition) is 5. The fraction of sp³-hybridized carbons (Fsp3) is 0.222. The molecule has 0 aliphatic rings. The molecule has 0 amide bonds. The Morgan fingerprint density at radius 2 is 0.966 bits per heavy atom. The van der Waals surface area contributed by atoms with Gasteiger partial charge < -0.3 is 9.68 Å². The van der Waals surface area contributed by atoms with Crippen LogP contribution in [0.25, 0.3) is 0 Å². The average molecular weight is 436 g/mol. The van der Waals surface area contributed by atoms with Gasteiger partial charge in [0.15, 0.2) is 11.4 Å². The van der Waals surface area contributed by atoms with Gasteiger partial charge in [0.25, 0.3) is 0 Å². The first kappa shape index (κ1) is 22.6. The van der Waals surface area contributed by atoms with Gasteiger partial charge in [-0.05, 0) is 24.3 Å². The number of alkyl halides is 6. The number of hydrogen-bond donors (Lipinski definition) is 0. The third-order valence-corrected chi connectivity index (χ3v) is 4.41. The van der Waals surface area contributed by atoms with Gasteiger partial charge in [-0.2, -0.15) is 26.3 Å². The molecule has 0 aliphatic carbocycles. The van der Waals surface area contributed by atoms with Crippen molar-refractivity contribution in [3.63, 3.8) is 0 Å². The molecule has 0 N–H and O–H groups in total. The lowest BCUT2D eigenvalue weighted by Crippen LogP contribution is -2.24. The molecular formula is C18H14F6N2O2S. The molecule has 4 nitrogen and oxygen atoms in total. The first-order valence-electron chi connectivity index (χ1n) is 7.81. The van der Waals surface area contributed by atoms with Crippen molar-refractivity contribution in [1.29, 1.82) is 0 Å². The number of nitrogens with zero attached hydrogens (tertiary/aromatic N) is 2. The van der Waals surface area contributed by atoms with Crippen LogP contribution in [0.1, 0.15) is 11.1 Å². The Labute approximate surface area is 166 Å². The lowest BCUT2D eigenvalue weighted by molar-refractivity contribution is -0.0616. The van der Waals surface area contributed by atoms with E-state index in [0.29, 0.717) is 9.79 Å². The molecule has 0 radical (unpaired) electrons. The Balaban J connectivity index is 2.19. The van der Waals surface area contributed by atoms with E-state index in [9.17, 15) is 26.3 Å². The normalized spacial score (nSPS) is 13.4. The first-order valence-corrected chi connectivity index (χ1v) is 8.63. The molecule has 0 heterocycles. The summed E-state index contributed by atoms with van der Waals surface area (Å²) >= 11 is 1.17. The summed E-state index contributed by atoms with van der Waals surface area (Å²) in [7, 11) is 2.03. The van der Waals surface area contributed by atoms with Crippen LogP contribution >= 0.6 is 11.8 Å². The van der Waals surface area contributed by atoms with Crippen molar-refractivity contribution in [3.8, 4) is 0 Å². The minimum absolute atomic E-state index is 0.176. The maximum atomic E-state index is 13.0. The van der Waals surface area contributed by atoms with Crippen LogP contribution < -0.4 is 0 Å². The molecule has 0 aromatic heterocycles. The largest absolute Gasteiger partial charge is 0.437 e. The Hall–Kier alpha value is -2.69. The van der Waals surface area contributed by atoms with E-state index in [2.05, 4.69) is 20.0 Å². The number of oxime groups is 2. The molecule has 0 aliphatic heterocycles. The van der Waals surface area contributed by atoms with Crippen LogP contribution in [0.3, 0.4) is 0 Å². The molecule has 2 aromatic carbocycles. The second-order valence-electron chi connectivity index (χ2n) is 5.39. The number of benzene rings is 2. The fourth-order valence-electron chi connectivity index (χ4n) is 2.22. The highest BCUT2D eigenvalue weighted by Gasteiger charge is 2.38. The van der Waals surface area contributed by atoms with Gasteiger partial charge in [-0.3, -0.25) is 0 Å². The molecule has 0 atom stereocenters. The van der Waals surface area contributed by atoms with E-state index in [0.717, 1.165) is 14.2 Å². The van der Waals surface area contributed by atoms with Crippen molar-refractivity contribution in [1.82, 2.24) is 0 Å². The number of rotatable bonds is 6. The first-order chi connectivity index (χ1) is 13.6. The second-order valence-corrected chi connectivity index (χ2v) is 6.54. The maximum Gasteiger partial charge on any atom is 0.437 e. The van der Waals surface area contributed by atoms with Crippen LogP contribution in [0, 0.1) is 0 Å². The highest BCUT2D eigenvalue weighted by Crippen LogP contribution is 2.31. The molecule has 156 valence electrons. The van der Waals surface area contributed by atoms with Crippen LogP contribution in [0.2, 0.25) is 0 Å². The van der Waals surface area contributed by atoms with Crippen molar-refractivity contribution in [2.45, 2.75) is 22.1 Å². The van der Waals surface area contributed by atoms with Crippen molar-refractivity contribution < 1.29 is 36.0 Å². The molecule has 2 rings (SSSR count). The Morgan fingerprint density at radius 1 is 0.655 bits per heavy atom. The summed E-state index contributed by atoms with van der Waals surface area (Å²) in [4.78, 5) is 9.66. The zero-order chi connectivity index (χ0) is 21.7. The van der Waals surface area contributed by atoms with Crippen LogP contribution in [0.5, 0.6) is 0 Å². The zero-order valence-corrected chi connectivity index (χ0v) is 15.8. The van der Waals surface area contributed by atoms with E-state index in [4.69, 9.17) is 0 Å². The second kappa shape index (κ2) is 9.21. The topological polar surface area (TPSA) is 43.2 Å². The van der Waals surface area contributed by atoms with Crippen LogP contribution in [-0.2, 0) is 9.68 Å². The van der Waals surface area contributed by atoms with Crippen molar-refractivity contribution in [2.75, 3.05) is 14.2 Å². The van der Waals surface area contributed by atoms with E-state index < -0.39 is 23.8 Å². The van der Waals surface area contributed by atoms with Gasteiger partial charge in [0.05, 0.1) is 0 Å². The summed E-state index contributed by atoms with van der Waals surface area (Å²) in [6, 6.07) is 10.7. The summed E-state index contributed by atoms with van der Waals surface area (Å²) < 4.78 is 77.8. The summed E-state index contributed by atoms with van der Waals surface area (Å²) in [6.45, 7) is 0. The molecular weight excluding hydrogens is 422 g/mol. The third kappa shape index (κ3) is 6.14. The monoisotopic (exact) mass is 436 g/mol. The van der Waals surface area contributed by atoms with Gasteiger partial charge in [0.2, 0.25) is 0 Å². The number of halogens is 6. The predicted octanol–water partition coefficient (Wildman–Crippen LogP) is 5.66. The van der Waals surface area contributed by atoms with E-state index in [-0.39, 0.29) is 11.1 Å². The van der Waals surface area contributed by atoms with Gasteiger partial charge in [0, 0.05) is 20.9 Å². The molecule has 2 aromatic rings. The minimum Gasteiger partial charge on any atom is -0.399 e. The fourth-order valence-corrected chi connectivity index (χ4v) is 3.03. The van der Waals surface area contributed by atoms with Gasteiger partial charge in [-0.1, -0.05) is 46.3 Å². The summed E-state index contributed by atoms with van der Waals surface area (Å²) in [5.41, 5.74) is -2.69. The van der Waals surface area contributed by atoms with E-state index in [1.54, 1.807) is 0 Å². The van der Waals surface area contributed by atoms with Gasteiger partial charge >= 0.3 is 12.4 Å². The molecule has 0 saturated carbocycles. The van der Waals surface area contributed by atoms with Crippen LogP contribution in [0.15, 0.2) is 68.6 Å². The average Bonchev–Trinajstić information content (AvgIpc) is 2.64. The van der Waals surface area contributed by atoms with Gasteiger partial charge in [-0.25, -0.2) is 0 Å². The maximum absolute atomic E-state index is 13.0. The SMILES string of the molecule is CON=C(c1ccc(Sc2ccc(C(=NOC)C(F)(F)F)cc2)cc1)C(F)(F)F. The van der Waals surface area contributed by atoms with E-state index in [1.165, 1.54) is 60.3 Å². The molecule has 0 saturated heterocycles. The minimum atomic E-state index is -4.68. The Morgan fingerprint density at radius 3 is 1.21 bits per heavy atom. The van der Waals surface area contributed by atoms with E-state index >= 15 is 0 Å². The summed E-state index contributed by atoms with van der Waals surface area (Å²) in [5, 5.41) is 6.02. The Kier molecular flexibility index (Phi) is 7.17. The summed E-state index contributed by atoms with van der Waals surface area (Å²) in [6.07, 6.45) is -9.36. The zero-order valence-electron chi connectivity index (χ0n) is 15.0. The van der Waals surface area contributed by atoms with Gasteiger partial charge in [-0.15, -0.1) is 0 Å². The van der Waals surface area contributed by atoms with Crippen molar-refractivity contribution in [3.05, 3.63) is 59.7 Å². The van der Waals surface area contributed by atoms with Crippen LogP contribution in [0.4, 0.5) is 26.3 Å². The molecule has 0 fully saturated rings. The van der Waals surface area contributed by atoms with Gasteiger partial charge in [0.1, 0.15) is 14.2 Å². The highest BCUT2D eigenvalue weighted by atomic mass is 32.2. The summed E-state index contributed by atoms with van der Waals surface area (Å²) in [5.74, 6) is 0. The quantitative estimate of drug-likeness (QED) is 0.333. The smallest absolute Gasteiger partial charge is 0.399 e. The lowest BCUT2D eigenvalue weighted by Gasteiger charge is -2.11. The third-order valence-electron chi connectivity index (χ3n) is 3.39. The van der Waals surface area contributed by atoms with Crippen molar-refractivity contribution >= 4 is 23.2 Å². The molecule has 11 heteroatoms. The lowest BCUT2D eigenvalue weighted by atomic mass is 10.1. The molecule has 0 spiro atoms. The molecule has 0 bridgehead atoms. The predicted molar refractivity (Wildman–Crippen MR) is 96.2 cm³/mol. The molecule has 0 unspecified atom stereocenters. The standard InChI is InChI=1S/C18H14F6N2O2S/c1-27-25-15(17(19,20)21)11-3-7-13(8-4-11)29-14-9-5-12(6-10-14)16(26-28-2)18(22,23)24/h3-10H,1-2H3. The molecule has 29 heavy (non-hydrogen) atoms. The van der Waals surface area contributed by atoms with Crippen molar-refractivity contribution in [2.24, 2.45) is 10.3 Å². The van der Waals surface area contributed by atoms with Crippen LogP contribution in [-0.4, -0.2) is 38.0 Å². The Bertz CT molecular complexity index is 802. The van der Waals surface area contributed by atoms with E-state index in [1.807, 2.05) is 0 Å².